The summed E-state index contributed by atoms with van der Waals surface area (Å²) in [5.41, 5.74) is 0.683. The molecule has 166 valence electrons. The summed E-state index contributed by atoms with van der Waals surface area (Å²) < 4.78 is 26.8. The number of carbonyl (C=O) groups excluding carboxylic acids is 1. The Bertz CT molecular complexity index is 1240. The Balaban J connectivity index is 1.32. The standard InChI is InChI=1S/C24H24F2N4O2/c25-19-7-6-16(12-20(19)26)13-29-10-3-8-24(14-29)9-11-30(15-24)23(32)21-17-4-1-2-5-18(17)22(31)28-27-21/h1-2,4-7,12H,3,8-11,13-15H2,(H,28,31)/t24-/m0/s1. The highest BCUT2D eigenvalue weighted by Crippen LogP contribution is 2.40. The zero-order valence-electron chi connectivity index (χ0n) is 17.6. The number of aromatic amines is 1. The minimum atomic E-state index is -0.836. The second-order valence-electron chi connectivity index (χ2n) is 8.99. The maximum Gasteiger partial charge on any atom is 0.274 e. The number of likely N-dealkylation sites (tertiary alicyclic amines) is 2. The summed E-state index contributed by atoms with van der Waals surface area (Å²) in [6.45, 7) is 3.50. The minimum Gasteiger partial charge on any atom is -0.337 e. The van der Waals surface area contributed by atoms with Crippen molar-refractivity contribution in [2.75, 3.05) is 26.2 Å². The zero-order chi connectivity index (χ0) is 22.3. The van der Waals surface area contributed by atoms with E-state index in [1.807, 2.05) is 4.90 Å². The molecule has 2 aromatic carbocycles. The fourth-order valence-electron chi connectivity index (χ4n) is 5.21. The Hall–Kier alpha value is -3.13. The molecule has 6 nitrogen and oxygen atoms in total. The van der Waals surface area contributed by atoms with Crippen molar-refractivity contribution < 1.29 is 13.6 Å². The maximum atomic E-state index is 13.6. The average molecular weight is 438 g/mol. The largest absolute Gasteiger partial charge is 0.337 e. The number of piperidine rings is 1. The number of benzene rings is 2. The summed E-state index contributed by atoms with van der Waals surface area (Å²) in [5, 5.41) is 7.52. The maximum absolute atomic E-state index is 13.6. The van der Waals surface area contributed by atoms with E-state index in [1.54, 1.807) is 30.3 Å². The molecule has 2 aliphatic heterocycles. The Labute approximate surface area is 183 Å². The highest BCUT2D eigenvalue weighted by molar-refractivity contribution is 6.04. The summed E-state index contributed by atoms with van der Waals surface area (Å²) in [4.78, 5) is 29.4. The molecule has 1 spiro atoms. The third kappa shape index (κ3) is 3.79. The van der Waals surface area contributed by atoms with Gasteiger partial charge in [0.15, 0.2) is 17.3 Å². The summed E-state index contributed by atoms with van der Waals surface area (Å²) >= 11 is 0. The van der Waals surface area contributed by atoms with Crippen LogP contribution in [0.2, 0.25) is 0 Å². The molecule has 2 fully saturated rings. The lowest BCUT2D eigenvalue weighted by Gasteiger charge is -2.40. The number of nitrogens with zero attached hydrogens (tertiary/aromatic N) is 3. The first-order chi connectivity index (χ1) is 15.4. The summed E-state index contributed by atoms with van der Waals surface area (Å²) in [6, 6.07) is 11.0. The minimum absolute atomic E-state index is 0.0233. The van der Waals surface area contributed by atoms with Crippen LogP contribution >= 0.6 is 0 Å². The number of hydrogen-bond acceptors (Lipinski definition) is 4. The Morgan fingerprint density at radius 1 is 1.03 bits per heavy atom. The van der Waals surface area contributed by atoms with E-state index in [0.29, 0.717) is 30.4 Å². The molecule has 0 bridgehead atoms. The van der Waals surface area contributed by atoms with Gasteiger partial charge in [-0.1, -0.05) is 24.3 Å². The number of nitrogens with one attached hydrogen (secondary N) is 1. The molecule has 1 aromatic heterocycles. The quantitative estimate of drug-likeness (QED) is 0.681. The van der Waals surface area contributed by atoms with E-state index >= 15 is 0 Å². The van der Waals surface area contributed by atoms with Crippen molar-refractivity contribution in [3.8, 4) is 0 Å². The number of fused-ring (bicyclic) bond motifs is 1. The molecular weight excluding hydrogens is 414 g/mol. The monoisotopic (exact) mass is 438 g/mol. The van der Waals surface area contributed by atoms with E-state index in [4.69, 9.17) is 0 Å². The number of rotatable bonds is 3. The number of H-pyrrole nitrogens is 1. The molecule has 3 heterocycles. The van der Waals surface area contributed by atoms with E-state index in [9.17, 15) is 18.4 Å². The first-order valence-corrected chi connectivity index (χ1v) is 10.9. The van der Waals surface area contributed by atoms with Crippen LogP contribution in [0.5, 0.6) is 0 Å². The zero-order valence-corrected chi connectivity index (χ0v) is 17.6. The predicted molar refractivity (Wildman–Crippen MR) is 116 cm³/mol. The van der Waals surface area contributed by atoms with E-state index in [1.165, 1.54) is 12.1 Å². The third-order valence-electron chi connectivity index (χ3n) is 6.75. The van der Waals surface area contributed by atoms with Crippen LogP contribution in [0.25, 0.3) is 10.8 Å². The van der Waals surface area contributed by atoms with Crippen LogP contribution in [0.15, 0.2) is 47.3 Å². The van der Waals surface area contributed by atoms with E-state index in [0.717, 1.165) is 37.9 Å². The fraction of sp³-hybridized carbons (Fsp3) is 0.375. The topological polar surface area (TPSA) is 69.3 Å². The van der Waals surface area contributed by atoms with Gasteiger partial charge < -0.3 is 4.90 Å². The highest BCUT2D eigenvalue weighted by atomic mass is 19.2. The van der Waals surface area contributed by atoms with Gasteiger partial charge in [-0.3, -0.25) is 14.5 Å². The first kappa shape index (κ1) is 20.8. The van der Waals surface area contributed by atoms with Crippen LogP contribution in [-0.2, 0) is 6.54 Å². The Kier molecular flexibility index (Phi) is 5.25. The smallest absolute Gasteiger partial charge is 0.274 e. The first-order valence-electron chi connectivity index (χ1n) is 10.9. The van der Waals surface area contributed by atoms with Crippen LogP contribution < -0.4 is 5.56 Å². The Morgan fingerprint density at radius 2 is 1.84 bits per heavy atom. The second-order valence-corrected chi connectivity index (χ2v) is 8.99. The normalized spacial score (nSPS) is 21.5. The molecule has 3 aromatic rings. The van der Waals surface area contributed by atoms with Gasteiger partial charge in [0.1, 0.15) is 0 Å². The number of amides is 1. The van der Waals surface area contributed by atoms with Crippen molar-refractivity contribution in [1.82, 2.24) is 20.0 Å². The van der Waals surface area contributed by atoms with Crippen LogP contribution in [0.4, 0.5) is 8.78 Å². The lowest BCUT2D eigenvalue weighted by molar-refractivity contribution is 0.0671. The molecule has 2 aliphatic rings. The van der Waals surface area contributed by atoms with Gasteiger partial charge >= 0.3 is 0 Å². The van der Waals surface area contributed by atoms with Crippen LogP contribution in [0, 0.1) is 17.0 Å². The summed E-state index contributed by atoms with van der Waals surface area (Å²) in [5.74, 6) is -1.84. The van der Waals surface area contributed by atoms with Gasteiger partial charge in [0, 0.05) is 37.0 Å². The lowest BCUT2D eigenvalue weighted by atomic mass is 9.79. The van der Waals surface area contributed by atoms with Crippen LogP contribution in [-0.4, -0.2) is 52.1 Å². The molecule has 1 N–H and O–H groups in total. The van der Waals surface area contributed by atoms with Crippen molar-refractivity contribution >= 4 is 16.7 Å². The number of carbonyl (C=O) groups is 1. The number of halogens is 2. The molecule has 0 aliphatic carbocycles. The molecule has 1 atom stereocenters. The molecule has 8 heteroatoms. The summed E-state index contributed by atoms with van der Waals surface area (Å²) in [7, 11) is 0. The van der Waals surface area contributed by atoms with Crippen LogP contribution in [0.1, 0.15) is 35.3 Å². The van der Waals surface area contributed by atoms with Gasteiger partial charge in [0.2, 0.25) is 0 Å². The van der Waals surface area contributed by atoms with Crippen molar-refractivity contribution in [3.05, 3.63) is 75.7 Å². The lowest BCUT2D eigenvalue weighted by Crippen LogP contribution is -2.45. The van der Waals surface area contributed by atoms with Gasteiger partial charge in [0.05, 0.1) is 5.39 Å². The van der Waals surface area contributed by atoms with Gasteiger partial charge in [0.25, 0.3) is 11.5 Å². The second kappa shape index (κ2) is 8.09. The van der Waals surface area contributed by atoms with Crippen LogP contribution in [0.3, 0.4) is 0 Å². The van der Waals surface area contributed by atoms with Gasteiger partial charge in [-0.25, -0.2) is 13.9 Å². The summed E-state index contributed by atoms with van der Waals surface area (Å²) in [6.07, 6.45) is 2.89. The van der Waals surface area contributed by atoms with Crippen molar-refractivity contribution in [2.24, 2.45) is 5.41 Å². The molecule has 32 heavy (non-hydrogen) atoms. The van der Waals surface area contributed by atoms with Crippen molar-refractivity contribution in [1.29, 1.82) is 0 Å². The molecule has 1 amide bonds. The molecular formula is C24H24F2N4O2. The average Bonchev–Trinajstić information content (AvgIpc) is 3.19. The van der Waals surface area contributed by atoms with Gasteiger partial charge in [-0.2, -0.15) is 5.10 Å². The van der Waals surface area contributed by atoms with E-state index in [-0.39, 0.29) is 22.6 Å². The predicted octanol–water partition coefficient (Wildman–Crippen LogP) is 3.33. The van der Waals surface area contributed by atoms with Crippen molar-refractivity contribution in [3.63, 3.8) is 0 Å². The molecule has 5 rings (SSSR count). The van der Waals surface area contributed by atoms with E-state index < -0.39 is 11.6 Å². The fourth-order valence-corrected chi connectivity index (χ4v) is 5.21. The highest BCUT2D eigenvalue weighted by Gasteiger charge is 2.43. The SMILES string of the molecule is O=C(c1n[nH]c(=O)c2ccccc12)N1CC[C@]2(CCCN(Cc3ccc(F)c(F)c3)C2)C1. The molecule has 0 saturated carbocycles. The molecule has 2 saturated heterocycles. The van der Waals surface area contributed by atoms with Gasteiger partial charge in [-0.05, 0) is 49.6 Å². The van der Waals surface area contributed by atoms with Gasteiger partial charge in [-0.15, -0.1) is 0 Å². The number of aromatic nitrogens is 2. The number of hydrogen-bond donors (Lipinski definition) is 1. The van der Waals surface area contributed by atoms with E-state index in [2.05, 4.69) is 15.1 Å². The molecule has 0 radical (unpaired) electrons. The molecule has 0 unspecified atom stereocenters. The van der Waals surface area contributed by atoms with Crippen molar-refractivity contribution in [2.45, 2.75) is 25.8 Å². The third-order valence-corrected chi connectivity index (χ3v) is 6.75. The Morgan fingerprint density at radius 3 is 2.66 bits per heavy atom.